The molecule has 0 bridgehead atoms. The van der Waals surface area contributed by atoms with E-state index in [9.17, 15) is 0 Å². The van der Waals surface area contributed by atoms with Crippen LogP contribution in [0.1, 0.15) is 28.1 Å². The predicted octanol–water partition coefficient (Wildman–Crippen LogP) is 3.35. The number of aryl methyl sites for hydroxylation is 1. The lowest BCUT2D eigenvalue weighted by Crippen LogP contribution is -2.01. The second-order valence-corrected chi connectivity index (χ2v) is 5.61. The number of ether oxygens (including phenoxy) is 2. The predicted molar refractivity (Wildman–Crippen MR) is 82.6 cm³/mol. The molecule has 2 rings (SSSR count). The second kappa shape index (κ2) is 7.77. The summed E-state index contributed by atoms with van der Waals surface area (Å²) in [6.45, 7) is 3.05. The third kappa shape index (κ3) is 4.28. The van der Waals surface area contributed by atoms with Gasteiger partial charge in [-0.05, 0) is 24.1 Å². The fourth-order valence-corrected chi connectivity index (χ4v) is 2.75. The van der Waals surface area contributed by atoms with E-state index in [1.807, 2.05) is 12.1 Å². The highest BCUT2D eigenvalue weighted by atomic mass is 32.1. The molecule has 2 aromatic rings. The summed E-state index contributed by atoms with van der Waals surface area (Å²) in [5.74, 6) is 0.862. The van der Waals surface area contributed by atoms with Crippen LogP contribution in [0.25, 0.3) is 0 Å². The van der Waals surface area contributed by atoms with E-state index >= 15 is 0 Å². The minimum Gasteiger partial charge on any atom is -0.493 e. The Balaban J connectivity index is 1.89. The Kier molecular flexibility index (Phi) is 5.73. The minimum atomic E-state index is 0.374. The number of aromatic nitrogens is 1. The highest BCUT2D eigenvalue weighted by molar-refractivity contribution is 7.12. The molecule has 0 radical (unpaired) electrons. The summed E-state index contributed by atoms with van der Waals surface area (Å²) in [5, 5.41) is 9.95. The zero-order valence-electron chi connectivity index (χ0n) is 12.3. The van der Waals surface area contributed by atoms with Crippen LogP contribution in [0.15, 0.2) is 24.3 Å². The van der Waals surface area contributed by atoms with Crippen molar-refractivity contribution in [3.05, 3.63) is 45.4 Å². The molecule has 0 aliphatic carbocycles. The maximum absolute atomic E-state index is 9.04. The first-order chi connectivity index (χ1) is 10.3. The molecule has 0 N–H and O–H groups in total. The van der Waals surface area contributed by atoms with Gasteiger partial charge in [0.1, 0.15) is 16.7 Å². The fourth-order valence-electron chi connectivity index (χ4n) is 1.91. The van der Waals surface area contributed by atoms with Gasteiger partial charge in [-0.25, -0.2) is 4.98 Å². The number of thiazole rings is 1. The lowest BCUT2D eigenvalue weighted by Gasteiger charge is -2.05. The topological polar surface area (TPSA) is 55.1 Å². The van der Waals surface area contributed by atoms with Gasteiger partial charge in [-0.1, -0.05) is 19.1 Å². The molecular formula is C16H18N2O2S. The molecule has 0 aliphatic heterocycles. The standard InChI is InChI=1S/C16H18N2O2S/c1-3-12-4-6-13(7-5-12)20-9-8-16-18-14(11-19-2)15(10-17)21-16/h4-7H,3,8-9,11H2,1-2H3. The Morgan fingerprint density at radius 1 is 1.29 bits per heavy atom. The van der Waals surface area contributed by atoms with E-state index in [1.54, 1.807) is 7.11 Å². The van der Waals surface area contributed by atoms with E-state index in [1.165, 1.54) is 16.9 Å². The fraction of sp³-hybridized carbons (Fsp3) is 0.375. The summed E-state index contributed by atoms with van der Waals surface area (Å²) in [5.41, 5.74) is 2.01. The molecule has 5 heteroatoms. The highest BCUT2D eigenvalue weighted by Gasteiger charge is 2.10. The van der Waals surface area contributed by atoms with Crippen LogP contribution in [0.3, 0.4) is 0 Å². The number of benzene rings is 1. The normalized spacial score (nSPS) is 10.3. The summed E-state index contributed by atoms with van der Waals surface area (Å²) < 4.78 is 10.7. The summed E-state index contributed by atoms with van der Waals surface area (Å²) in [6, 6.07) is 10.3. The Labute approximate surface area is 129 Å². The number of nitrogens with zero attached hydrogens (tertiary/aromatic N) is 2. The lowest BCUT2D eigenvalue weighted by molar-refractivity contribution is 0.181. The summed E-state index contributed by atoms with van der Waals surface area (Å²) >= 11 is 1.41. The van der Waals surface area contributed by atoms with E-state index in [4.69, 9.17) is 14.7 Å². The molecule has 0 saturated heterocycles. The van der Waals surface area contributed by atoms with E-state index < -0.39 is 0 Å². The molecule has 110 valence electrons. The Morgan fingerprint density at radius 2 is 2.05 bits per heavy atom. The Morgan fingerprint density at radius 3 is 2.67 bits per heavy atom. The van der Waals surface area contributed by atoms with E-state index in [2.05, 4.69) is 30.1 Å². The van der Waals surface area contributed by atoms with Crippen LogP contribution in [0.2, 0.25) is 0 Å². The van der Waals surface area contributed by atoms with E-state index in [-0.39, 0.29) is 0 Å². The van der Waals surface area contributed by atoms with Crippen molar-refractivity contribution in [1.29, 1.82) is 5.26 Å². The summed E-state index contributed by atoms with van der Waals surface area (Å²) in [6.07, 6.45) is 1.72. The number of hydrogen-bond acceptors (Lipinski definition) is 5. The molecule has 1 aromatic heterocycles. The SMILES string of the molecule is CCc1ccc(OCCc2nc(COC)c(C#N)s2)cc1. The van der Waals surface area contributed by atoms with Gasteiger partial charge in [0, 0.05) is 13.5 Å². The average Bonchev–Trinajstić information content (AvgIpc) is 2.90. The molecule has 0 aliphatic rings. The molecule has 0 saturated carbocycles. The first-order valence-electron chi connectivity index (χ1n) is 6.86. The molecule has 1 aromatic carbocycles. The van der Waals surface area contributed by atoms with E-state index in [0.29, 0.717) is 30.2 Å². The third-order valence-corrected chi connectivity index (χ3v) is 4.10. The van der Waals surface area contributed by atoms with Crippen LogP contribution in [0.5, 0.6) is 5.75 Å². The molecule has 0 unspecified atom stereocenters. The van der Waals surface area contributed by atoms with Gasteiger partial charge in [-0.3, -0.25) is 0 Å². The van der Waals surface area contributed by atoms with Crippen molar-refractivity contribution in [2.24, 2.45) is 0 Å². The maximum atomic E-state index is 9.04. The van der Waals surface area contributed by atoms with Crippen molar-refractivity contribution in [3.63, 3.8) is 0 Å². The smallest absolute Gasteiger partial charge is 0.130 e. The summed E-state index contributed by atoms with van der Waals surface area (Å²) in [4.78, 5) is 5.04. The largest absolute Gasteiger partial charge is 0.493 e. The molecule has 0 atom stereocenters. The monoisotopic (exact) mass is 302 g/mol. The summed E-state index contributed by atoms with van der Waals surface area (Å²) in [7, 11) is 1.60. The van der Waals surface area contributed by atoms with Gasteiger partial charge >= 0.3 is 0 Å². The number of rotatable bonds is 7. The van der Waals surface area contributed by atoms with Crippen LogP contribution < -0.4 is 4.74 Å². The molecule has 0 spiro atoms. The lowest BCUT2D eigenvalue weighted by atomic mass is 10.2. The number of nitriles is 1. The van der Waals surface area contributed by atoms with Gasteiger partial charge in [0.05, 0.1) is 23.9 Å². The van der Waals surface area contributed by atoms with Gasteiger partial charge in [0.25, 0.3) is 0 Å². The maximum Gasteiger partial charge on any atom is 0.130 e. The van der Waals surface area contributed by atoms with Crippen molar-refractivity contribution < 1.29 is 9.47 Å². The molecule has 21 heavy (non-hydrogen) atoms. The highest BCUT2D eigenvalue weighted by Crippen LogP contribution is 2.19. The van der Waals surface area contributed by atoms with Crippen LogP contribution >= 0.6 is 11.3 Å². The van der Waals surface area contributed by atoms with Crippen LogP contribution in [-0.4, -0.2) is 18.7 Å². The third-order valence-electron chi connectivity index (χ3n) is 3.04. The number of methoxy groups -OCH3 is 1. The molecular weight excluding hydrogens is 284 g/mol. The van der Waals surface area contributed by atoms with Crippen LogP contribution in [0, 0.1) is 11.3 Å². The first-order valence-corrected chi connectivity index (χ1v) is 7.67. The quantitative estimate of drug-likeness (QED) is 0.787. The first kappa shape index (κ1) is 15.5. The zero-order chi connectivity index (χ0) is 15.1. The van der Waals surface area contributed by atoms with Crippen LogP contribution in [-0.2, 0) is 24.2 Å². The molecule has 1 heterocycles. The van der Waals surface area contributed by atoms with Crippen molar-refractivity contribution in [1.82, 2.24) is 4.98 Å². The average molecular weight is 302 g/mol. The Hall–Kier alpha value is -1.90. The molecule has 0 fully saturated rings. The van der Waals surface area contributed by atoms with Gasteiger partial charge in [-0.2, -0.15) is 5.26 Å². The van der Waals surface area contributed by atoms with Crippen molar-refractivity contribution in [2.45, 2.75) is 26.4 Å². The zero-order valence-corrected chi connectivity index (χ0v) is 13.1. The van der Waals surface area contributed by atoms with Gasteiger partial charge in [0.2, 0.25) is 0 Å². The number of hydrogen-bond donors (Lipinski definition) is 0. The minimum absolute atomic E-state index is 0.374. The van der Waals surface area contributed by atoms with Gasteiger partial charge < -0.3 is 9.47 Å². The molecule has 4 nitrogen and oxygen atoms in total. The van der Waals surface area contributed by atoms with Crippen LogP contribution in [0.4, 0.5) is 0 Å². The van der Waals surface area contributed by atoms with Gasteiger partial charge in [0.15, 0.2) is 0 Å². The van der Waals surface area contributed by atoms with Crippen molar-refractivity contribution >= 4 is 11.3 Å². The van der Waals surface area contributed by atoms with Crippen molar-refractivity contribution in [2.75, 3.05) is 13.7 Å². The van der Waals surface area contributed by atoms with Gasteiger partial charge in [-0.15, -0.1) is 11.3 Å². The van der Waals surface area contributed by atoms with Crippen molar-refractivity contribution in [3.8, 4) is 11.8 Å². The Bertz CT molecular complexity index is 614. The van der Waals surface area contributed by atoms with E-state index in [0.717, 1.165) is 17.2 Å². The second-order valence-electron chi connectivity index (χ2n) is 4.52. The molecule has 0 amide bonds.